The Morgan fingerprint density at radius 1 is 1.27 bits per heavy atom. The zero-order chi connectivity index (χ0) is 16.9. The van der Waals surface area contributed by atoms with Crippen LogP contribution in [0.2, 0.25) is 0 Å². The molecule has 1 amide bonds. The Morgan fingerprint density at radius 2 is 1.82 bits per heavy atom. The average molecular weight is 310 g/mol. The fourth-order valence-corrected chi connectivity index (χ4v) is 1.87. The number of amides is 1. The zero-order valence-electron chi connectivity index (χ0n) is 13.9. The molecule has 1 aromatic rings. The second-order valence-corrected chi connectivity index (χ2v) is 6.36. The van der Waals surface area contributed by atoms with Crippen LogP contribution in [0.3, 0.4) is 0 Å². The highest BCUT2D eigenvalue weighted by Crippen LogP contribution is 2.24. The number of rotatable bonds is 5. The van der Waals surface area contributed by atoms with Gasteiger partial charge in [-0.05, 0) is 45.4 Å². The summed E-state index contributed by atoms with van der Waals surface area (Å²) in [5.41, 5.74) is 0.267. The third kappa shape index (κ3) is 6.22. The molecule has 1 atom stereocenters. The molecular formula is C16H26N2O4. The predicted molar refractivity (Wildman–Crippen MR) is 85.1 cm³/mol. The second-order valence-electron chi connectivity index (χ2n) is 6.36. The second kappa shape index (κ2) is 7.35. The normalized spacial score (nSPS) is 12.8. The Bertz CT molecular complexity index is 491. The summed E-state index contributed by atoms with van der Waals surface area (Å²) in [6.07, 6.45) is -0.364. The summed E-state index contributed by atoms with van der Waals surface area (Å²) in [5.74, 6) is 0.0454. The average Bonchev–Trinajstić information content (AvgIpc) is 2.35. The van der Waals surface area contributed by atoms with Crippen molar-refractivity contribution in [1.82, 2.24) is 10.2 Å². The van der Waals surface area contributed by atoms with Crippen molar-refractivity contribution in [3.8, 4) is 11.5 Å². The van der Waals surface area contributed by atoms with Gasteiger partial charge in [0.15, 0.2) is 0 Å². The molecule has 0 fully saturated rings. The lowest BCUT2D eigenvalue weighted by Crippen LogP contribution is -2.38. The Morgan fingerprint density at radius 3 is 2.32 bits per heavy atom. The van der Waals surface area contributed by atoms with Gasteiger partial charge in [-0.3, -0.25) is 0 Å². The zero-order valence-corrected chi connectivity index (χ0v) is 13.9. The van der Waals surface area contributed by atoms with E-state index in [1.165, 1.54) is 11.0 Å². The standard InChI is InChI=1S/C16H26N2O4/c1-11(12-8-13(19)10-14(20)9-12)17-6-7-18(5)15(21)22-16(2,3)4/h8-11,17,19-20H,6-7H2,1-5H3. The van der Waals surface area contributed by atoms with E-state index in [-0.39, 0.29) is 23.6 Å². The lowest BCUT2D eigenvalue weighted by molar-refractivity contribution is 0.0299. The van der Waals surface area contributed by atoms with Gasteiger partial charge in [-0.25, -0.2) is 4.79 Å². The van der Waals surface area contributed by atoms with Crippen LogP contribution in [0.25, 0.3) is 0 Å². The quantitative estimate of drug-likeness (QED) is 0.779. The first-order valence-corrected chi connectivity index (χ1v) is 7.29. The van der Waals surface area contributed by atoms with Gasteiger partial charge in [0, 0.05) is 32.2 Å². The van der Waals surface area contributed by atoms with Crippen LogP contribution in [-0.2, 0) is 4.74 Å². The molecule has 0 spiro atoms. The number of nitrogens with zero attached hydrogens (tertiary/aromatic N) is 1. The highest BCUT2D eigenvalue weighted by Gasteiger charge is 2.19. The lowest BCUT2D eigenvalue weighted by atomic mass is 10.1. The molecule has 22 heavy (non-hydrogen) atoms. The van der Waals surface area contributed by atoms with Crippen molar-refractivity contribution in [2.45, 2.75) is 39.3 Å². The smallest absolute Gasteiger partial charge is 0.410 e. The van der Waals surface area contributed by atoms with Gasteiger partial charge in [0.05, 0.1) is 0 Å². The highest BCUT2D eigenvalue weighted by atomic mass is 16.6. The van der Waals surface area contributed by atoms with E-state index in [1.54, 1.807) is 19.2 Å². The molecule has 1 rings (SSSR count). The third-order valence-corrected chi connectivity index (χ3v) is 3.03. The van der Waals surface area contributed by atoms with Gasteiger partial charge in [0.2, 0.25) is 0 Å². The van der Waals surface area contributed by atoms with Crippen molar-refractivity contribution < 1.29 is 19.7 Å². The number of nitrogens with one attached hydrogen (secondary N) is 1. The van der Waals surface area contributed by atoms with Crippen molar-refractivity contribution in [2.24, 2.45) is 0 Å². The van der Waals surface area contributed by atoms with Crippen molar-refractivity contribution in [3.05, 3.63) is 23.8 Å². The fourth-order valence-electron chi connectivity index (χ4n) is 1.87. The third-order valence-electron chi connectivity index (χ3n) is 3.03. The molecule has 6 heteroatoms. The minimum absolute atomic E-state index is 0.0227. The molecule has 0 radical (unpaired) electrons. The maximum absolute atomic E-state index is 11.8. The molecule has 3 N–H and O–H groups in total. The van der Waals surface area contributed by atoms with Crippen molar-refractivity contribution in [1.29, 1.82) is 0 Å². The predicted octanol–water partition coefficient (Wildman–Crippen LogP) is 2.62. The van der Waals surface area contributed by atoms with Crippen LogP contribution in [0.5, 0.6) is 11.5 Å². The van der Waals surface area contributed by atoms with E-state index in [9.17, 15) is 15.0 Å². The van der Waals surface area contributed by atoms with E-state index in [4.69, 9.17) is 4.74 Å². The van der Waals surface area contributed by atoms with E-state index in [1.807, 2.05) is 27.7 Å². The number of phenols is 2. The van der Waals surface area contributed by atoms with E-state index in [0.29, 0.717) is 13.1 Å². The maximum atomic E-state index is 11.8. The molecule has 6 nitrogen and oxygen atoms in total. The summed E-state index contributed by atoms with van der Waals surface area (Å²) >= 11 is 0. The summed E-state index contributed by atoms with van der Waals surface area (Å²) in [5, 5.41) is 22.2. The summed E-state index contributed by atoms with van der Waals surface area (Å²) in [7, 11) is 1.68. The number of phenolic OH excluding ortho intramolecular Hbond substituents is 2. The number of hydrogen-bond acceptors (Lipinski definition) is 5. The maximum Gasteiger partial charge on any atom is 0.410 e. The SMILES string of the molecule is CC(NCCN(C)C(=O)OC(C)(C)C)c1cc(O)cc(O)c1. The van der Waals surface area contributed by atoms with Crippen molar-refractivity contribution in [2.75, 3.05) is 20.1 Å². The van der Waals surface area contributed by atoms with Crippen LogP contribution in [0.15, 0.2) is 18.2 Å². The Balaban J connectivity index is 2.44. The van der Waals surface area contributed by atoms with E-state index < -0.39 is 5.60 Å². The van der Waals surface area contributed by atoms with Crippen molar-refractivity contribution in [3.63, 3.8) is 0 Å². The fraction of sp³-hybridized carbons (Fsp3) is 0.562. The highest BCUT2D eigenvalue weighted by molar-refractivity contribution is 5.67. The van der Waals surface area contributed by atoms with Gasteiger partial charge in [0.1, 0.15) is 17.1 Å². The molecule has 0 aliphatic rings. The number of benzene rings is 1. The number of ether oxygens (including phenoxy) is 1. The van der Waals surface area contributed by atoms with Crippen LogP contribution in [0, 0.1) is 0 Å². The van der Waals surface area contributed by atoms with Crippen LogP contribution < -0.4 is 5.32 Å². The first-order chi connectivity index (χ1) is 10.1. The lowest BCUT2D eigenvalue weighted by Gasteiger charge is -2.25. The van der Waals surface area contributed by atoms with Gasteiger partial charge < -0.3 is 25.2 Å². The molecule has 0 aromatic heterocycles. The van der Waals surface area contributed by atoms with E-state index in [2.05, 4.69) is 5.32 Å². The topological polar surface area (TPSA) is 82.0 Å². The molecule has 0 aliphatic heterocycles. The van der Waals surface area contributed by atoms with E-state index >= 15 is 0 Å². The molecular weight excluding hydrogens is 284 g/mol. The number of hydrogen-bond donors (Lipinski definition) is 3. The molecule has 0 saturated heterocycles. The Kier molecular flexibility index (Phi) is 6.05. The van der Waals surface area contributed by atoms with Crippen LogP contribution in [0.4, 0.5) is 4.79 Å². The molecule has 1 aromatic carbocycles. The van der Waals surface area contributed by atoms with E-state index in [0.717, 1.165) is 5.56 Å². The molecule has 0 heterocycles. The first kappa shape index (κ1) is 18.1. The molecule has 0 aliphatic carbocycles. The molecule has 0 bridgehead atoms. The first-order valence-electron chi connectivity index (χ1n) is 7.29. The summed E-state index contributed by atoms with van der Waals surface area (Å²) in [6.45, 7) is 8.45. The van der Waals surface area contributed by atoms with Gasteiger partial charge in [-0.1, -0.05) is 0 Å². The van der Waals surface area contributed by atoms with Gasteiger partial charge in [-0.2, -0.15) is 0 Å². The van der Waals surface area contributed by atoms with Crippen LogP contribution in [-0.4, -0.2) is 46.9 Å². The summed E-state index contributed by atoms with van der Waals surface area (Å²) in [4.78, 5) is 13.3. The van der Waals surface area contributed by atoms with Crippen LogP contribution >= 0.6 is 0 Å². The number of carbonyl (C=O) groups is 1. The number of carbonyl (C=O) groups excluding carboxylic acids is 1. The van der Waals surface area contributed by atoms with Gasteiger partial charge >= 0.3 is 6.09 Å². The molecule has 1 unspecified atom stereocenters. The summed E-state index contributed by atoms with van der Waals surface area (Å²) in [6, 6.07) is 4.40. The Hall–Kier alpha value is -1.95. The Labute approximate surface area is 131 Å². The molecule has 0 saturated carbocycles. The van der Waals surface area contributed by atoms with Crippen molar-refractivity contribution >= 4 is 6.09 Å². The number of likely N-dealkylation sites (N-methyl/N-ethyl adjacent to an activating group) is 1. The minimum Gasteiger partial charge on any atom is -0.508 e. The summed E-state index contributed by atoms with van der Waals surface area (Å²) < 4.78 is 5.27. The van der Waals surface area contributed by atoms with Gasteiger partial charge in [0.25, 0.3) is 0 Å². The molecule has 124 valence electrons. The van der Waals surface area contributed by atoms with Crippen LogP contribution in [0.1, 0.15) is 39.3 Å². The minimum atomic E-state index is -0.509. The number of aromatic hydroxyl groups is 2. The monoisotopic (exact) mass is 310 g/mol. The van der Waals surface area contributed by atoms with Gasteiger partial charge in [-0.15, -0.1) is 0 Å². The largest absolute Gasteiger partial charge is 0.508 e.